The first-order valence-corrected chi connectivity index (χ1v) is 11.3. The minimum Gasteiger partial charge on any atom is -0.463 e. The second-order valence-electron chi connectivity index (χ2n) is 7.78. The number of fused-ring (bicyclic) bond motifs is 1. The summed E-state index contributed by atoms with van der Waals surface area (Å²) >= 11 is 1.54. The topological polar surface area (TPSA) is 98.3 Å². The molecule has 0 aliphatic carbocycles. The van der Waals surface area contributed by atoms with E-state index in [9.17, 15) is 9.59 Å². The number of thiazole rings is 1. The molecule has 1 aromatic carbocycles. The lowest BCUT2D eigenvalue weighted by molar-refractivity contribution is -0.418. The molecule has 0 saturated heterocycles. The van der Waals surface area contributed by atoms with Gasteiger partial charge in [-0.05, 0) is 30.9 Å². The highest BCUT2D eigenvalue weighted by Gasteiger charge is 2.27. The van der Waals surface area contributed by atoms with Crippen LogP contribution < -0.4 is 20.9 Å². The van der Waals surface area contributed by atoms with Crippen molar-refractivity contribution in [2.75, 3.05) is 0 Å². The Morgan fingerprint density at radius 2 is 2.10 bits per heavy atom. The van der Waals surface area contributed by atoms with Crippen LogP contribution in [0.3, 0.4) is 0 Å². The maximum atomic E-state index is 13.1. The van der Waals surface area contributed by atoms with Crippen LogP contribution in [-0.4, -0.2) is 12.0 Å². The van der Waals surface area contributed by atoms with Crippen LogP contribution in [0.2, 0.25) is 0 Å². The fourth-order valence-electron chi connectivity index (χ4n) is 3.27. The molecule has 0 radical (unpaired) electrons. The van der Waals surface area contributed by atoms with Crippen molar-refractivity contribution < 1.29 is 24.7 Å². The van der Waals surface area contributed by atoms with E-state index in [-0.39, 0.29) is 17.3 Å². The Labute approximate surface area is 180 Å². The molecule has 7 heteroatoms. The smallest absolute Gasteiger partial charge is 0.370 e. The average molecular weight is 431 g/mol. The standard InChI is InChI=1S/C23H28N2O4S/c1-5-7-8-15-9-16-20(10-19(15)29-23(27)21(24)13(3)6-2)28-11-17(22(16)26)18-12-30-14(4)25-18/h9-13,21H,5-8,24H2,1-4H3/p+2. The number of aromatic amines is 1. The SMILES string of the molecule is CCCCc1cc2c(=O)c(-c3csc(C)[nH+]3)coc2cc1OC(=O)C([NH3+])C(C)CC. The van der Waals surface area contributed by atoms with Gasteiger partial charge in [-0.2, -0.15) is 4.98 Å². The van der Waals surface area contributed by atoms with Gasteiger partial charge < -0.3 is 14.9 Å². The molecule has 0 aliphatic heterocycles. The maximum Gasteiger partial charge on any atom is 0.370 e. The van der Waals surface area contributed by atoms with Crippen molar-refractivity contribution in [3.63, 3.8) is 0 Å². The molecule has 6 nitrogen and oxygen atoms in total. The molecule has 0 fully saturated rings. The molecular weight excluding hydrogens is 400 g/mol. The van der Waals surface area contributed by atoms with Crippen LogP contribution in [-0.2, 0) is 11.2 Å². The van der Waals surface area contributed by atoms with E-state index in [4.69, 9.17) is 9.15 Å². The highest BCUT2D eigenvalue weighted by molar-refractivity contribution is 7.09. The lowest BCUT2D eigenvalue weighted by atomic mass is 10.00. The summed E-state index contributed by atoms with van der Waals surface area (Å²) in [4.78, 5) is 28.9. The number of unbranched alkanes of at least 4 members (excludes halogenated alkanes) is 1. The van der Waals surface area contributed by atoms with Crippen molar-refractivity contribution in [3.8, 4) is 17.0 Å². The second-order valence-corrected chi connectivity index (χ2v) is 8.87. The van der Waals surface area contributed by atoms with E-state index in [0.29, 0.717) is 28.7 Å². The minimum atomic E-state index is -0.448. The number of benzene rings is 1. The largest absolute Gasteiger partial charge is 0.463 e. The Balaban J connectivity index is 2.05. The Bertz CT molecular complexity index is 1100. The van der Waals surface area contributed by atoms with Crippen molar-refractivity contribution in [1.29, 1.82) is 0 Å². The first kappa shape index (κ1) is 22.2. The number of rotatable bonds is 8. The van der Waals surface area contributed by atoms with Crippen molar-refractivity contribution in [2.24, 2.45) is 5.92 Å². The summed E-state index contributed by atoms with van der Waals surface area (Å²) in [7, 11) is 0. The number of quaternary nitrogens is 1. The van der Waals surface area contributed by atoms with Crippen molar-refractivity contribution in [3.05, 3.63) is 44.6 Å². The third kappa shape index (κ3) is 4.63. The Morgan fingerprint density at radius 3 is 2.73 bits per heavy atom. The van der Waals surface area contributed by atoms with Crippen molar-refractivity contribution >= 4 is 28.3 Å². The zero-order valence-corrected chi connectivity index (χ0v) is 18.9. The number of carbonyl (C=O) groups is 1. The summed E-state index contributed by atoms with van der Waals surface area (Å²) in [5, 5.41) is 3.41. The first-order chi connectivity index (χ1) is 14.3. The maximum absolute atomic E-state index is 13.1. The van der Waals surface area contributed by atoms with Crippen LogP contribution in [0.4, 0.5) is 0 Å². The highest BCUT2D eigenvalue weighted by atomic mass is 32.1. The molecule has 2 unspecified atom stereocenters. The van der Waals surface area contributed by atoms with E-state index < -0.39 is 6.04 Å². The summed E-state index contributed by atoms with van der Waals surface area (Å²) in [6.07, 6.45) is 4.95. The molecule has 0 bridgehead atoms. The predicted octanol–water partition coefficient (Wildman–Crippen LogP) is 3.55. The number of esters is 1. The molecule has 3 rings (SSSR count). The van der Waals surface area contributed by atoms with Gasteiger partial charge in [0, 0.05) is 18.9 Å². The molecule has 30 heavy (non-hydrogen) atoms. The predicted molar refractivity (Wildman–Crippen MR) is 117 cm³/mol. The molecule has 0 aliphatic rings. The Morgan fingerprint density at radius 1 is 1.33 bits per heavy atom. The number of hydrogen-bond donors (Lipinski definition) is 1. The second kappa shape index (κ2) is 9.53. The molecule has 3 aromatic rings. The summed E-state index contributed by atoms with van der Waals surface area (Å²) in [5.74, 6) is 0.221. The normalized spacial score (nSPS) is 13.4. The molecule has 0 saturated carbocycles. The van der Waals surface area contributed by atoms with Crippen LogP contribution in [0.15, 0.2) is 33.0 Å². The van der Waals surface area contributed by atoms with Crippen molar-refractivity contribution in [1.82, 2.24) is 0 Å². The number of nitrogens with one attached hydrogen (secondary N) is 1. The van der Waals surface area contributed by atoms with Gasteiger partial charge >= 0.3 is 5.97 Å². The number of aryl methyl sites for hydroxylation is 2. The molecule has 4 N–H and O–H groups in total. The van der Waals surface area contributed by atoms with Crippen molar-refractivity contribution in [2.45, 2.75) is 59.4 Å². The van der Waals surface area contributed by atoms with Crippen LogP contribution >= 0.6 is 11.3 Å². The van der Waals surface area contributed by atoms with E-state index in [1.54, 1.807) is 17.4 Å². The lowest BCUT2D eigenvalue weighted by Crippen LogP contribution is -2.68. The van der Waals surface area contributed by atoms with Gasteiger partial charge in [-0.15, -0.1) is 0 Å². The zero-order valence-electron chi connectivity index (χ0n) is 18.0. The number of hydrogen-bond acceptors (Lipinski definition) is 5. The van der Waals surface area contributed by atoms with Gasteiger partial charge in [-0.1, -0.05) is 38.5 Å². The summed E-state index contributed by atoms with van der Waals surface area (Å²) in [5.41, 5.74) is 6.35. The van der Waals surface area contributed by atoms with Gasteiger partial charge in [0.15, 0.2) is 6.04 Å². The van der Waals surface area contributed by atoms with Crippen LogP contribution in [0, 0.1) is 12.8 Å². The first-order valence-electron chi connectivity index (χ1n) is 10.5. The molecule has 2 aromatic heterocycles. The van der Waals surface area contributed by atoms with E-state index in [2.05, 4.69) is 17.6 Å². The fourth-order valence-corrected chi connectivity index (χ4v) is 3.92. The number of aromatic nitrogens is 1. The molecule has 2 heterocycles. The van der Waals surface area contributed by atoms with E-state index >= 15 is 0 Å². The minimum absolute atomic E-state index is 0.101. The lowest BCUT2D eigenvalue weighted by Gasteiger charge is -2.16. The highest BCUT2D eigenvalue weighted by Crippen LogP contribution is 2.28. The zero-order chi connectivity index (χ0) is 21.8. The van der Waals surface area contributed by atoms with Gasteiger partial charge in [0.2, 0.25) is 16.1 Å². The monoisotopic (exact) mass is 430 g/mol. The average Bonchev–Trinajstić information content (AvgIpc) is 3.17. The van der Waals surface area contributed by atoms with E-state index in [1.807, 2.05) is 32.2 Å². The molecule has 2 atom stereocenters. The van der Waals surface area contributed by atoms with Crippen LogP contribution in [0.5, 0.6) is 5.75 Å². The molecule has 0 amide bonds. The van der Waals surface area contributed by atoms with E-state index in [1.165, 1.54) is 6.26 Å². The fraction of sp³-hybridized carbons (Fsp3) is 0.435. The quantitative estimate of drug-likeness (QED) is 0.436. The van der Waals surface area contributed by atoms with Gasteiger partial charge in [-0.25, -0.2) is 4.79 Å². The summed E-state index contributed by atoms with van der Waals surface area (Å²) < 4.78 is 11.5. The van der Waals surface area contributed by atoms with Gasteiger partial charge in [0.05, 0.1) is 10.8 Å². The Hall–Kier alpha value is -2.51. The number of H-pyrrole nitrogens is 1. The van der Waals surface area contributed by atoms with Gasteiger partial charge in [-0.3, -0.25) is 4.79 Å². The Kier molecular flexibility index (Phi) is 7.05. The summed E-state index contributed by atoms with van der Waals surface area (Å²) in [6.45, 7) is 8.07. The molecular formula is C23H30N2O4S+2. The van der Waals surface area contributed by atoms with Crippen LogP contribution in [0.1, 0.15) is 50.6 Å². The van der Waals surface area contributed by atoms with Gasteiger partial charge in [0.25, 0.3) is 0 Å². The van der Waals surface area contributed by atoms with Crippen LogP contribution in [0.25, 0.3) is 22.2 Å². The number of carbonyl (C=O) groups excluding carboxylic acids is 1. The summed E-state index contributed by atoms with van der Waals surface area (Å²) in [6, 6.07) is 3.02. The third-order valence-corrected chi connectivity index (χ3v) is 6.36. The molecule has 160 valence electrons. The van der Waals surface area contributed by atoms with E-state index in [0.717, 1.165) is 35.5 Å². The van der Waals surface area contributed by atoms with Gasteiger partial charge in [0.1, 0.15) is 23.2 Å². The molecule has 0 spiro atoms. The number of ether oxygens (including phenoxy) is 1. The third-order valence-electron chi connectivity index (χ3n) is 5.55.